The topological polar surface area (TPSA) is 103 Å². The molecule has 1 fully saturated rings. The molecule has 1 saturated heterocycles. The van der Waals surface area contributed by atoms with Gasteiger partial charge in [0.05, 0.1) is 6.54 Å². The summed E-state index contributed by atoms with van der Waals surface area (Å²) < 4.78 is 26.9. The SMILES string of the molecule is CCc1ccccc1NC(=O)CN(C)C(=O)c1cc(S(=O)(=O)N2CCSCC2)c[nH]1. The van der Waals surface area contributed by atoms with Crippen LogP contribution in [0.15, 0.2) is 41.4 Å². The number of aryl methyl sites for hydroxylation is 1. The van der Waals surface area contributed by atoms with Crippen LogP contribution in [-0.2, 0) is 21.2 Å². The zero-order chi connectivity index (χ0) is 21.7. The molecule has 0 spiro atoms. The van der Waals surface area contributed by atoms with Crippen molar-refractivity contribution in [1.82, 2.24) is 14.2 Å². The molecule has 1 aliphatic rings. The molecule has 2 amide bonds. The molecular weight excluding hydrogens is 424 g/mol. The number of thioether (sulfide) groups is 1. The van der Waals surface area contributed by atoms with Crippen molar-refractivity contribution in [3.05, 3.63) is 47.8 Å². The second-order valence-electron chi connectivity index (χ2n) is 6.99. The highest BCUT2D eigenvalue weighted by molar-refractivity contribution is 7.99. The van der Waals surface area contributed by atoms with Crippen molar-refractivity contribution >= 4 is 39.3 Å². The van der Waals surface area contributed by atoms with Crippen LogP contribution in [0.5, 0.6) is 0 Å². The van der Waals surface area contributed by atoms with Crippen LogP contribution >= 0.6 is 11.8 Å². The summed E-state index contributed by atoms with van der Waals surface area (Å²) in [6.07, 6.45) is 2.11. The quantitative estimate of drug-likeness (QED) is 0.672. The van der Waals surface area contributed by atoms with E-state index in [1.54, 1.807) is 11.8 Å². The van der Waals surface area contributed by atoms with Gasteiger partial charge in [0.25, 0.3) is 5.91 Å². The van der Waals surface area contributed by atoms with Crippen molar-refractivity contribution < 1.29 is 18.0 Å². The third-order valence-corrected chi connectivity index (χ3v) is 7.71. The maximum Gasteiger partial charge on any atom is 0.270 e. The van der Waals surface area contributed by atoms with Crippen LogP contribution in [0.25, 0.3) is 0 Å². The number of sulfonamides is 1. The normalized spacial score (nSPS) is 15.0. The number of carbonyl (C=O) groups excluding carboxylic acids is 2. The van der Waals surface area contributed by atoms with E-state index in [1.165, 1.54) is 28.5 Å². The smallest absolute Gasteiger partial charge is 0.270 e. The zero-order valence-electron chi connectivity index (χ0n) is 17.1. The molecule has 3 rings (SSSR count). The summed E-state index contributed by atoms with van der Waals surface area (Å²) >= 11 is 1.72. The number of para-hydroxylation sites is 1. The summed E-state index contributed by atoms with van der Waals surface area (Å²) in [5, 5.41) is 2.82. The van der Waals surface area contributed by atoms with Crippen molar-refractivity contribution in [2.45, 2.75) is 18.2 Å². The Morgan fingerprint density at radius 2 is 1.93 bits per heavy atom. The highest BCUT2D eigenvalue weighted by Crippen LogP contribution is 2.21. The van der Waals surface area contributed by atoms with Gasteiger partial charge in [0, 0.05) is 43.5 Å². The molecule has 1 aliphatic heterocycles. The first-order chi connectivity index (χ1) is 14.3. The van der Waals surface area contributed by atoms with Crippen LogP contribution in [0.1, 0.15) is 23.0 Å². The predicted octanol–water partition coefficient (Wildman–Crippen LogP) is 2.03. The number of H-pyrrole nitrogens is 1. The number of nitrogens with one attached hydrogen (secondary N) is 2. The lowest BCUT2D eigenvalue weighted by Crippen LogP contribution is -2.37. The number of hydrogen-bond donors (Lipinski definition) is 2. The minimum atomic E-state index is -3.63. The molecule has 0 atom stereocenters. The van der Waals surface area contributed by atoms with Gasteiger partial charge >= 0.3 is 0 Å². The van der Waals surface area contributed by atoms with Crippen molar-refractivity contribution in [3.8, 4) is 0 Å². The molecule has 1 aromatic carbocycles. The molecule has 0 radical (unpaired) electrons. The lowest BCUT2D eigenvalue weighted by atomic mass is 10.1. The first-order valence-corrected chi connectivity index (χ1v) is 12.3. The first kappa shape index (κ1) is 22.4. The second-order valence-corrected chi connectivity index (χ2v) is 10.1. The summed E-state index contributed by atoms with van der Waals surface area (Å²) in [5.74, 6) is 0.740. The fourth-order valence-corrected chi connectivity index (χ4v) is 5.79. The van der Waals surface area contributed by atoms with E-state index < -0.39 is 15.9 Å². The standard InChI is InChI=1S/C20H26N4O4S2/c1-3-15-6-4-5-7-17(15)22-19(25)14-23(2)20(26)18-12-16(13-21-18)30(27,28)24-8-10-29-11-9-24/h4-7,12-13,21H,3,8-11,14H2,1-2H3,(H,22,25). The predicted molar refractivity (Wildman–Crippen MR) is 118 cm³/mol. The molecule has 162 valence electrons. The minimum absolute atomic E-state index is 0.0625. The fraction of sp³-hybridized carbons (Fsp3) is 0.400. The van der Waals surface area contributed by atoms with Crippen LogP contribution in [0.4, 0.5) is 5.69 Å². The Balaban J connectivity index is 1.64. The number of benzene rings is 1. The Bertz CT molecular complexity index is 1010. The van der Waals surface area contributed by atoms with Gasteiger partial charge in [0.1, 0.15) is 10.6 Å². The summed E-state index contributed by atoms with van der Waals surface area (Å²) in [6, 6.07) is 8.84. The average Bonchev–Trinajstić information content (AvgIpc) is 3.25. The summed E-state index contributed by atoms with van der Waals surface area (Å²) in [5.41, 5.74) is 1.86. The Kier molecular flexibility index (Phi) is 7.22. The first-order valence-electron chi connectivity index (χ1n) is 9.72. The highest BCUT2D eigenvalue weighted by Gasteiger charge is 2.28. The van der Waals surface area contributed by atoms with E-state index >= 15 is 0 Å². The largest absolute Gasteiger partial charge is 0.356 e. The number of aromatic amines is 1. The number of amides is 2. The molecule has 30 heavy (non-hydrogen) atoms. The Labute approximate surface area is 181 Å². The molecule has 0 bridgehead atoms. The molecular formula is C20H26N4O4S2. The van der Waals surface area contributed by atoms with E-state index in [0.29, 0.717) is 13.1 Å². The molecule has 10 heteroatoms. The number of hydrogen-bond acceptors (Lipinski definition) is 5. The number of rotatable bonds is 7. The van der Waals surface area contributed by atoms with Gasteiger partial charge in [-0.2, -0.15) is 16.1 Å². The summed E-state index contributed by atoms with van der Waals surface area (Å²) in [6.45, 7) is 2.77. The molecule has 2 heterocycles. The number of aromatic nitrogens is 1. The van der Waals surface area contributed by atoms with E-state index in [-0.39, 0.29) is 23.0 Å². The summed E-state index contributed by atoms with van der Waals surface area (Å²) in [4.78, 5) is 29.1. The van der Waals surface area contributed by atoms with Gasteiger partial charge in [0.2, 0.25) is 15.9 Å². The maximum absolute atomic E-state index is 12.7. The third kappa shape index (κ3) is 5.05. The number of nitrogens with zero attached hydrogens (tertiary/aromatic N) is 2. The molecule has 0 aliphatic carbocycles. The van der Waals surface area contributed by atoms with Crippen molar-refractivity contribution in [2.24, 2.45) is 0 Å². The highest BCUT2D eigenvalue weighted by atomic mass is 32.2. The van der Waals surface area contributed by atoms with E-state index in [4.69, 9.17) is 0 Å². The molecule has 8 nitrogen and oxygen atoms in total. The van der Waals surface area contributed by atoms with Gasteiger partial charge in [-0.05, 0) is 24.1 Å². The molecule has 1 aromatic heterocycles. The van der Waals surface area contributed by atoms with Gasteiger partial charge in [-0.3, -0.25) is 9.59 Å². The van der Waals surface area contributed by atoms with E-state index in [9.17, 15) is 18.0 Å². The van der Waals surface area contributed by atoms with Gasteiger partial charge in [-0.25, -0.2) is 8.42 Å². The van der Waals surface area contributed by atoms with Crippen molar-refractivity contribution in [3.63, 3.8) is 0 Å². The van der Waals surface area contributed by atoms with Gasteiger partial charge in [-0.1, -0.05) is 25.1 Å². The Morgan fingerprint density at radius 1 is 1.23 bits per heavy atom. The molecule has 0 unspecified atom stereocenters. The molecule has 2 aromatic rings. The van der Waals surface area contributed by atoms with Crippen molar-refractivity contribution in [2.75, 3.05) is 43.5 Å². The van der Waals surface area contributed by atoms with Crippen LogP contribution in [0.2, 0.25) is 0 Å². The van der Waals surface area contributed by atoms with Crippen molar-refractivity contribution in [1.29, 1.82) is 0 Å². The Hall–Kier alpha value is -2.30. The van der Waals surface area contributed by atoms with E-state index in [1.807, 2.05) is 31.2 Å². The number of likely N-dealkylation sites (N-methyl/N-ethyl adjacent to an activating group) is 1. The minimum Gasteiger partial charge on any atom is -0.356 e. The monoisotopic (exact) mass is 450 g/mol. The lowest BCUT2D eigenvalue weighted by molar-refractivity contribution is -0.116. The molecule has 0 saturated carbocycles. The van der Waals surface area contributed by atoms with Crippen LogP contribution in [-0.4, -0.2) is 72.6 Å². The maximum atomic E-state index is 12.7. The van der Waals surface area contributed by atoms with Crippen LogP contribution < -0.4 is 5.32 Å². The zero-order valence-corrected chi connectivity index (χ0v) is 18.7. The molecule has 2 N–H and O–H groups in total. The lowest BCUT2D eigenvalue weighted by Gasteiger charge is -2.24. The van der Waals surface area contributed by atoms with Gasteiger partial charge in [0.15, 0.2) is 0 Å². The van der Waals surface area contributed by atoms with Gasteiger partial charge < -0.3 is 15.2 Å². The van der Waals surface area contributed by atoms with Crippen LogP contribution in [0.3, 0.4) is 0 Å². The number of anilines is 1. The Morgan fingerprint density at radius 3 is 2.63 bits per heavy atom. The van der Waals surface area contributed by atoms with E-state index in [0.717, 1.165) is 29.2 Å². The fourth-order valence-electron chi connectivity index (χ4n) is 3.22. The number of carbonyl (C=O) groups is 2. The second kappa shape index (κ2) is 9.67. The third-order valence-electron chi connectivity index (χ3n) is 4.89. The van der Waals surface area contributed by atoms with E-state index in [2.05, 4.69) is 10.3 Å². The average molecular weight is 451 g/mol. The summed E-state index contributed by atoms with van der Waals surface area (Å²) in [7, 11) is -2.13. The van der Waals surface area contributed by atoms with Crippen LogP contribution in [0, 0.1) is 0 Å². The van der Waals surface area contributed by atoms with Gasteiger partial charge in [-0.15, -0.1) is 0 Å².